The Morgan fingerprint density at radius 3 is 2.56 bits per heavy atom. The van der Waals surface area contributed by atoms with E-state index in [0.29, 0.717) is 21.9 Å². The summed E-state index contributed by atoms with van der Waals surface area (Å²) < 4.78 is 41.7. The Morgan fingerprint density at radius 1 is 1.00 bits per heavy atom. The minimum absolute atomic E-state index is 0.253. The Morgan fingerprint density at radius 2 is 1.78 bits per heavy atom. The molecule has 2 aliphatic heterocycles. The molecule has 0 fully saturated rings. The molecular formula is C20H16N2O3Se2. The van der Waals surface area contributed by atoms with Gasteiger partial charge in [0.05, 0.1) is 0 Å². The quantitative estimate of drug-likeness (QED) is 0.331. The molecule has 0 saturated heterocycles. The Balaban J connectivity index is 1.94. The third-order valence-electron chi connectivity index (χ3n) is 5.02. The van der Waals surface area contributed by atoms with E-state index in [2.05, 4.69) is 18.8 Å². The van der Waals surface area contributed by atoms with Crippen LogP contribution in [0.3, 0.4) is 0 Å². The molecule has 5 rings (SSSR count). The number of rotatable bonds is 1. The second-order valence-corrected chi connectivity index (χ2v) is 13.8. The first-order valence-electron chi connectivity index (χ1n) is 8.60. The van der Waals surface area contributed by atoms with Gasteiger partial charge >= 0.3 is 163 Å². The fourth-order valence-corrected chi connectivity index (χ4v) is 10.1. The molecule has 0 radical (unpaired) electrons. The molecule has 0 bridgehead atoms. The van der Waals surface area contributed by atoms with Crippen molar-refractivity contribution < 1.29 is 11.5 Å². The van der Waals surface area contributed by atoms with Gasteiger partial charge in [0.2, 0.25) is 0 Å². The van der Waals surface area contributed by atoms with Crippen LogP contribution in [0.25, 0.3) is 0 Å². The number of fused-ring (bicyclic) bond motifs is 4. The molecular weight excluding hydrogens is 474 g/mol. The number of aromatic nitrogens is 1. The predicted octanol–water partition coefficient (Wildman–Crippen LogP) is 1.26. The van der Waals surface area contributed by atoms with Gasteiger partial charge in [0, 0.05) is 0 Å². The van der Waals surface area contributed by atoms with Crippen LogP contribution < -0.4 is 22.7 Å². The van der Waals surface area contributed by atoms with Crippen LogP contribution in [-0.2, 0) is 11.5 Å². The first-order valence-corrected chi connectivity index (χ1v) is 14.1. The number of hydrogen-bond donors (Lipinski definition) is 0. The van der Waals surface area contributed by atoms with Crippen molar-refractivity contribution in [2.75, 3.05) is 4.90 Å². The van der Waals surface area contributed by atoms with E-state index in [9.17, 15) is 11.5 Å². The number of anilines is 3. The van der Waals surface area contributed by atoms with Crippen LogP contribution in [0.15, 0.2) is 54.7 Å². The summed E-state index contributed by atoms with van der Waals surface area (Å²) in [5.74, 6) is 0.710. The summed E-state index contributed by atoms with van der Waals surface area (Å²) in [7, 11) is 0. The summed E-state index contributed by atoms with van der Waals surface area (Å²) in [6.07, 6.45) is 1.60. The first-order chi connectivity index (χ1) is 12.9. The third kappa shape index (κ3) is 2.20. The number of para-hydroxylation sites is 1. The summed E-state index contributed by atoms with van der Waals surface area (Å²) in [6.45, 7) is 4.21. The maximum atomic E-state index is 13.3. The molecule has 136 valence electrons. The molecule has 0 aliphatic carbocycles. The first kappa shape index (κ1) is 17.0. The maximum absolute atomic E-state index is 13.3. The molecule has 1 atom stereocenters. The van der Waals surface area contributed by atoms with Gasteiger partial charge in [0.1, 0.15) is 0 Å². The molecule has 0 N–H and O–H groups in total. The van der Waals surface area contributed by atoms with E-state index in [-0.39, 0.29) is 8.92 Å². The summed E-state index contributed by atoms with van der Waals surface area (Å²) >= 11 is -7.18. The average Bonchev–Trinajstić information content (AvgIpc) is 2.67. The molecule has 27 heavy (non-hydrogen) atoms. The van der Waals surface area contributed by atoms with Crippen LogP contribution in [-0.4, -0.2) is 31.5 Å². The standard InChI is InChI=1S/C20H16N2O3Se2/c1-12(2)13-8-9-15-14(11-13)22-19-16(26(15)23)5-3-6-17(19)27(24,25)18-7-4-10-21-20(18)22/h3-12H,1-2H3. The van der Waals surface area contributed by atoms with Gasteiger partial charge in [-0.2, -0.15) is 0 Å². The van der Waals surface area contributed by atoms with Gasteiger partial charge in [-0.1, -0.05) is 0 Å². The van der Waals surface area contributed by atoms with Crippen LogP contribution in [0.4, 0.5) is 17.2 Å². The molecule has 3 heterocycles. The number of hydrogen-bond acceptors (Lipinski definition) is 5. The fourth-order valence-electron chi connectivity index (χ4n) is 3.65. The van der Waals surface area contributed by atoms with Crippen molar-refractivity contribution in [1.29, 1.82) is 0 Å². The fraction of sp³-hybridized carbons (Fsp3) is 0.150. The normalized spacial score (nSPS) is 18.6. The van der Waals surface area contributed by atoms with Gasteiger partial charge in [-0.3, -0.25) is 0 Å². The molecule has 3 aromatic rings. The summed E-state index contributed by atoms with van der Waals surface area (Å²) in [5.41, 5.74) is 2.43. The van der Waals surface area contributed by atoms with Crippen molar-refractivity contribution in [3.05, 3.63) is 60.3 Å². The van der Waals surface area contributed by atoms with Crippen molar-refractivity contribution in [2.24, 2.45) is 0 Å². The van der Waals surface area contributed by atoms with Gasteiger partial charge < -0.3 is 0 Å². The summed E-state index contributed by atoms with van der Waals surface area (Å²) in [5, 5.41) is 0. The predicted molar refractivity (Wildman–Crippen MR) is 105 cm³/mol. The Kier molecular flexibility index (Phi) is 3.56. The van der Waals surface area contributed by atoms with Gasteiger partial charge in [0.15, 0.2) is 0 Å². The van der Waals surface area contributed by atoms with Crippen LogP contribution in [0.5, 0.6) is 0 Å². The van der Waals surface area contributed by atoms with E-state index in [4.69, 9.17) is 0 Å². The van der Waals surface area contributed by atoms with Crippen molar-refractivity contribution >= 4 is 61.6 Å². The molecule has 2 aliphatic rings. The van der Waals surface area contributed by atoms with Crippen LogP contribution >= 0.6 is 0 Å². The molecule has 0 spiro atoms. The van der Waals surface area contributed by atoms with Gasteiger partial charge in [-0.25, -0.2) is 0 Å². The molecule has 1 unspecified atom stereocenters. The Bertz CT molecular complexity index is 1250. The SMILES string of the molecule is CC(C)c1ccc2c(c1)N1c3ncccc3[Se](=O)(=O)c3cccc(c31)[Se]2=O. The van der Waals surface area contributed by atoms with Crippen molar-refractivity contribution in [3.8, 4) is 0 Å². The minimum atomic E-state index is -4.61. The van der Waals surface area contributed by atoms with E-state index in [1.807, 2.05) is 23.1 Å². The second-order valence-electron chi connectivity index (χ2n) is 6.92. The zero-order valence-corrected chi connectivity index (χ0v) is 18.1. The van der Waals surface area contributed by atoms with Gasteiger partial charge in [0.25, 0.3) is 0 Å². The van der Waals surface area contributed by atoms with E-state index < -0.39 is 26.5 Å². The van der Waals surface area contributed by atoms with E-state index in [1.54, 1.807) is 36.5 Å². The van der Waals surface area contributed by atoms with E-state index in [1.165, 1.54) is 0 Å². The van der Waals surface area contributed by atoms with E-state index in [0.717, 1.165) is 15.7 Å². The number of pyridine rings is 1. The Hall–Kier alpha value is -2.17. The van der Waals surface area contributed by atoms with Crippen LogP contribution in [0.2, 0.25) is 0 Å². The molecule has 0 saturated carbocycles. The summed E-state index contributed by atoms with van der Waals surface area (Å²) in [4.78, 5) is 6.31. The van der Waals surface area contributed by atoms with Crippen LogP contribution in [0, 0.1) is 0 Å². The van der Waals surface area contributed by atoms with E-state index >= 15 is 0 Å². The summed E-state index contributed by atoms with van der Waals surface area (Å²) in [6, 6.07) is 14.3. The molecule has 1 aromatic heterocycles. The molecule has 0 amide bonds. The molecule has 7 heteroatoms. The van der Waals surface area contributed by atoms with Gasteiger partial charge in [-0.15, -0.1) is 0 Å². The van der Waals surface area contributed by atoms with Crippen molar-refractivity contribution in [2.45, 2.75) is 19.8 Å². The van der Waals surface area contributed by atoms with Crippen LogP contribution in [0.1, 0.15) is 25.3 Å². The molecule has 2 aromatic carbocycles. The van der Waals surface area contributed by atoms with Gasteiger partial charge in [-0.05, 0) is 0 Å². The van der Waals surface area contributed by atoms with Crippen molar-refractivity contribution in [3.63, 3.8) is 0 Å². The zero-order valence-electron chi connectivity index (χ0n) is 14.7. The number of benzene rings is 2. The topological polar surface area (TPSA) is 67.3 Å². The number of nitrogens with zero attached hydrogens (tertiary/aromatic N) is 2. The Labute approximate surface area is 162 Å². The monoisotopic (exact) mass is 492 g/mol. The van der Waals surface area contributed by atoms with Crippen molar-refractivity contribution in [1.82, 2.24) is 4.98 Å². The second kappa shape index (κ2) is 5.66. The average molecular weight is 490 g/mol. The molecule has 5 nitrogen and oxygen atoms in total. The third-order valence-corrected chi connectivity index (χ3v) is 11.9. The zero-order chi connectivity index (χ0) is 18.9.